The van der Waals surface area contributed by atoms with Gasteiger partial charge in [-0.05, 0) is 37.3 Å². The predicted molar refractivity (Wildman–Crippen MR) is 143 cm³/mol. The monoisotopic (exact) mass is 577 g/mol. The fourth-order valence-corrected chi connectivity index (χ4v) is 5.36. The number of likely N-dealkylation sites (N-methyl/N-ethyl adjacent to an activating group) is 1. The zero-order valence-electron chi connectivity index (χ0n) is 19.6. The first-order valence-electron chi connectivity index (χ1n) is 11.7. The van der Waals surface area contributed by atoms with E-state index in [0.29, 0.717) is 0 Å². The molecule has 1 saturated heterocycles. The molecule has 2 heterocycles. The van der Waals surface area contributed by atoms with Crippen LogP contribution in [0.4, 0.5) is 0 Å². The Kier molecular flexibility index (Phi) is 12.3. The van der Waals surface area contributed by atoms with E-state index in [1.807, 2.05) is 11.3 Å². The third kappa shape index (κ3) is 8.46. The van der Waals surface area contributed by atoms with Crippen molar-refractivity contribution in [3.8, 4) is 0 Å². The van der Waals surface area contributed by atoms with E-state index in [1.165, 1.54) is 37.0 Å². The topological polar surface area (TPSA) is 69.2 Å². The van der Waals surface area contributed by atoms with Crippen molar-refractivity contribution in [2.75, 3.05) is 66.6 Å². The molecule has 1 aromatic rings. The smallest absolute Gasteiger partial charge is 0.243 e. The number of hydrogen-bond donors (Lipinski definition) is 2. The van der Waals surface area contributed by atoms with E-state index in [1.54, 1.807) is 19.0 Å². The average molecular weight is 578 g/mol. The zero-order chi connectivity index (χ0) is 21.9. The minimum Gasteiger partial charge on any atom is -0.379 e. The summed E-state index contributed by atoms with van der Waals surface area (Å²) in [7, 11) is 3.54. The molecule has 0 aromatic carbocycles. The first-order chi connectivity index (χ1) is 15.1. The number of carbonyl (C=O) groups is 1. The molecule has 0 bridgehead atoms. The largest absolute Gasteiger partial charge is 0.379 e. The van der Waals surface area contributed by atoms with Gasteiger partial charge in [0.2, 0.25) is 5.91 Å². The molecule has 7 nitrogen and oxygen atoms in total. The Morgan fingerprint density at radius 3 is 2.62 bits per heavy atom. The molecule has 1 amide bonds. The highest BCUT2D eigenvalue weighted by atomic mass is 127. The fraction of sp³-hybridized carbons (Fsp3) is 0.739. The van der Waals surface area contributed by atoms with Crippen molar-refractivity contribution < 1.29 is 9.53 Å². The molecular weight excluding hydrogens is 537 g/mol. The lowest BCUT2D eigenvalue weighted by atomic mass is 9.73. The molecule has 2 aliphatic rings. The Hall–Kier alpha value is -0.910. The van der Waals surface area contributed by atoms with Crippen molar-refractivity contribution in [3.05, 3.63) is 22.4 Å². The summed E-state index contributed by atoms with van der Waals surface area (Å²) in [6, 6.07) is 4.44. The van der Waals surface area contributed by atoms with Gasteiger partial charge >= 0.3 is 0 Å². The average Bonchev–Trinajstić information content (AvgIpc) is 3.35. The van der Waals surface area contributed by atoms with Crippen LogP contribution in [0.5, 0.6) is 0 Å². The van der Waals surface area contributed by atoms with E-state index in [2.05, 4.69) is 38.0 Å². The molecule has 2 fully saturated rings. The van der Waals surface area contributed by atoms with Gasteiger partial charge in [-0.2, -0.15) is 0 Å². The second-order valence-corrected chi connectivity index (χ2v) is 9.81. The number of aliphatic imine (C=N–C) groups is 1. The molecule has 0 atom stereocenters. The summed E-state index contributed by atoms with van der Waals surface area (Å²) in [5.41, 5.74) is 0.175. The van der Waals surface area contributed by atoms with E-state index in [0.717, 1.165) is 58.3 Å². The van der Waals surface area contributed by atoms with Crippen LogP contribution >= 0.6 is 35.3 Å². The highest BCUT2D eigenvalue weighted by Crippen LogP contribution is 2.41. The minimum atomic E-state index is 0. The molecule has 2 N–H and O–H groups in total. The molecule has 1 saturated carbocycles. The van der Waals surface area contributed by atoms with Crippen molar-refractivity contribution in [1.29, 1.82) is 0 Å². The summed E-state index contributed by atoms with van der Waals surface area (Å²) in [5.74, 6) is 0.763. The first-order valence-corrected chi connectivity index (χ1v) is 12.5. The first kappa shape index (κ1) is 27.3. The Balaban J connectivity index is 0.00000363. The summed E-state index contributed by atoms with van der Waals surface area (Å²) in [6.07, 6.45) is 7.34. The number of ether oxygens (including phenoxy) is 1. The van der Waals surface area contributed by atoms with E-state index >= 15 is 0 Å². The van der Waals surface area contributed by atoms with Crippen LogP contribution < -0.4 is 10.6 Å². The molecule has 0 radical (unpaired) electrons. The van der Waals surface area contributed by atoms with Crippen LogP contribution in [0, 0.1) is 0 Å². The van der Waals surface area contributed by atoms with Gasteiger partial charge in [-0.1, -0.05) is 25.3 Å². The van der Waals surface area contributed by atoms with E-state index in [9.17, 15) is 4.79 Å². The van der Waals surface area contributed by atoms with Crippen LogP contribution in [0.1, 0.15) is 43.4 Å². The molecule has 0 unspecified atom stereocenters. The van der Waals surface area contributed by atoms with E-state index in [-0.39, 0.29) is 41.8 Å². The zero-order valence-corrected chi connectivity index (χ0v) is 22.8. The molecule has 32 heavy (non-hydrogen) atoms. The Bertz CT molecular complexity index is 687. The van der Waals surface area contributed by atoms with Crippen molar-refractivity contribution in [1.82, 2.24) is 20.4 Å². The molecule has 1 aliphatic heterocycles. The van der Waals surface area contributed by atoms with Gasteiger partial charge < -0.3 is 20.3 Å². The lowest BCUT2D eigenvalue weighted by Crippen LogP contribution is -2.47. The predicted octanol–water partition coefficient (Wildman–Crippen LogP) is 2.91. The molecule has 0 spiro atoms. The maximum absolute atomic E-state index is 12.1. The lowest BCUT2D eigenvalue weighted by molar-refractivity contribution is -0.127. The number of amides is 1. The Morgan fingerprint density at radius 1 is 1.22 bits per heavy atom. The van der Waals surface area contributed by atoms with Gasteiger partial charge in [0, 0.05) is 50.6 Å². The van der Waals surface area contributed by atoms with Gasteiger partial charge in [0.25, 0.3) is 0 Å². The summed E-state index contributed by atoms with van der Waals surface area (Å²) in [6.45, 7) is 6.61. The SMILES string of the molecule is CN(C)C(=O)CN=C(NCCCN1CCOCC1)NCC1(c2cccs2)CCCCC1.I. The fourth-order valence-electron chi connectivity index (χ4n) is 4.37. The van der Waals surface area contributed by atoms with E-state index in [4.69, 9.17) is 4.74 Å². The van der Waals surface area contributed by atoms with Gasteiger partial charge in [-0.3, -0.25) is 9.69 Å². The molecule has 3 rings (SSSR count). The Morgan fingerprint density at radius 2 is 1.97 bits per heavy atom. The number of morpholine rings is 1. The van der Waals surface area contributed by atoms with Crippen molar-refractivity contribution in [3.63, 3.8) is 0 Å². The quantitative estimate of drug-likeness (QED) is 0.205. The molecule has 9 heteroatoms. The minimum absolute atomic E-state index is 0. The van der Waals surface area contributed by atoms with Gasteiger partial charge in [-0.25, -0.2) is 4.99 Å². The third-order valence-corrected chi connectivity index (χ3v) is 7.48. The molecule has 1 aromatic heterocycles. The number of rotatable bonds is 9. The highest BCUT2D eigenvalue weighted by molar-refractivity contribution is 14.0. The maximum Gasteiger partial charge on any atom is 0.243 e. The lowest BCUT2D eigenvalue weighted by Gasteiger charge is -2.37. The second kappa shape index (κ2) is 14.4. The number of halogens is 1. The summed E-state index contributed by atoms with van der Waals surface area (Å²) < 4.78 is 5.43. The van der Waals surface area contributed by atoms with Crippen LogP contribution in [-0.2, 0) is 14.9 Å². The van der Waals surface area contributed by atoms with Gasteiger partial charge in [-0.15, -0.1) is 35.3 Å². The van der Waals surface area contributed by atoms with Gasteiger partial charge in [0.1, 0.15) is 6.54 Å². The van der Waals surface area contributed by atoms with Crippen molar-refractivity contribution in [2.24, 2.45) is 4.99 Å². The number of hydrogen-bond acceptors (Lipinski definition) is 5. The molecule has 1 aliphatic carbocycles. The maximum atomic E-state index is 12.1. The van der Waals surface area contributed by atoms with Crippen molar-refractivity contribution >= 4 is 47.2 Å². The number of carbonyl (C=O) groups excluding carboxylic acids is 1. The number of guanidine groups is 1. The number of thiophene rings is 1. The van der Waals surface area contributed by atoms with Gasteiger partial charge in [0.05, 0.1) is 13.2 Å². The summed E-state index contributed by atoms with van der Waals surface area (Å²) in [5, 5.41) is 9.24. The molecule has 182 valence electrons. The third-order valence-electron chi connectivity index (χ3n) is 6.37. The second-order valence-electron chi connectivity index (χ2n) is 8.86. The Labute approximate surface area is 214 Å². The number of nitrogens with one attached hydrogen (secondary N) is 2. The summed E-state index contributed by atoms with van der Waals surface area (Å²) in [4.78, 5) is 22.2. The van der Waals surface area contributed by atoms with Crippen LogP contribution in [0.25, 0.3) is 0 Å². The summed E-state index contributed by atoms with van der Waals surface area (Å²) >= 11 is 1.86. The highest BCUT2D eigenvalue weighted by Gasteiger charge is 2.34. The van der Waals surface area contributed by atoms with Crippen LogP contribution in [-0.4, -0.2) is 88.2 Å². The normalized spacial score (nSPS) is 19.1. The number of nitrogens with zero attached hydrogens (tertiary/aromatic N) is 3. The standard InChI is InChI=1S/C23H39N5O2S.HI/c1-27(2)21(29)18-25-22(24-11-7-12-28-13-15-30-16-14-28)26-19-23(9-4-3-5-10-23)20-8-6-17-31-20;/h6,8,17H,3-5,7,9-16,18-19H2,1-2H3,(H2,24,25,26);1H. The van der Waals surface area contributed by atoms with Crippen molar-refractivity contribution in [2.45, 2.75) is 43.9 Å². The van der Waals surface area contributed by atoms with Crippen LogP contribution in [0.15, 0.2) is 22.5 Å². The molecular formula is C23H40IN5O2S. The van der Waals surface area contributed by atoms with Crippen LogP contribution in [0.3, 0.4) is 0 Å². The van der Waals surface area contributed by atoms with Crippen LogP contribution in [0.2, 0.25) is 0 Å². The van der Waals surface area contributed by atoms with Gasteiger partial charge in [0.15, 0.2) is 5.96 Å². The van der Waals surface area contributed by atoms with E-state index < -0.39 is 0 Å².